The minimum Gasteiger partial charge on any atom is -0.508 e. The van der Waals surface area contributed by atoms with Gasteiger partial charge in [0, 0.05) is 31.2 Å². The number of carbonyl (C=O) groups is 4. The standard InChI is InChI=1S/C31H45N7O5/c1-18-12-23(39)13-19(2)24(18)15-22(17-27(40)25(33)9-11-37-31(35)36)30(43)38-26(8-10-32)28(41)16-21(29(34)42)14-20-6-4-3-5-7-20/h3-7,12-13,21-22,25-26,39H,8-11,14-17,32-33H2,1-2H3,(H2,34,42)(H,38,43)(H4,35,36,37)/t21-,22-,25-,26+/m1/s1. The minimum atomic E-state index is -0.981. The van der Waals surface area contributed by atoms with Gasteiger partial charge in [-0.2, -0.15) is 0 Å². The lowest BCUT2D eigenvalue weighted by Gasteiger charge is -2.24. The van der Waals surface area contributed by atoms with Crippen molar-refractivity contribution in [1.82, 2.24) is 5.32 Å². The first-order chi connectivity index (χ1) is 20.3. The molecule has 0 radical (unpaired) electrons. The number of carbonyl (C=O) groups excluding carboxylic acids is 4. The van der Waals surface area contributed by atoms with Crippen molar-refractivity contribution in [2.75, 3.05) is 13.1 Å². The summed E-state index contributed by atoms with van der Waals surface area (Å²) in [6.07, 6.45) is 0.390. The highest BCUT2D eigenvalue weighted by Crippen LogP contribution is 2.25. The van der Waals surface area contributed by atoms with Crippen molar-refractivity contribution >= 4 is 29.3 Å². The number of guanidine groups is 1. The van der Waals surface area contributed by atoms with Crippen LogP contribution in [-0.4, -0.2) is 59.6 Å². The highest BCUT2D eigenvalue weighted by atomic mass is 16.3. The van der Waals surface area contributed by atoms with Crippen LogP contribution in [0.3, 0.4) is 0 Å². The van der Waals surface area contributed by atoms with E-state index in [9.17, 15) is 24.3 Å². The molecule has 0 bridgehead atoms. The summed E-state index contributed by atoms with van der Waals surface area (Å²) in [4.78, 5) is 56.2. The van der Waals surface area contributed by atoms with Crippen molar-refractivity contribution in [2.45, 2.75) is 64.5 Å². The number of nitrogens with one attached hydrogen (secondary N) is 1. The van der Waals surface area contributed by atoms with Gasteiger partial charge in [0.25, 0.3) is 0 Å². The number of aliphatic imine (C=N–C) groups is 1. The molecule has 0 saturated carbocycles. The van der Waals surface area contributed by atoms with Crippen LogP contribution >= 0.6 is 0 Å². The topological polar surface area (TPSA) is 243 Å². The number of rotatable bonds is 18. The maximum absolute atomic E-state index is 13.7. The van der Waals surface area contributed by atoms with E-state index in [1.165, 1.54) is 0 Å². The molecule has 43 heavy (non-hydrogen) atoms. The van der Waals surface area contributed by atoms with Gasteiger partial charge in [-0.25, -0.2) is 0 Å². The average molecular weight is 596 g/mol. The maximum Gasteiger partial charge on any atom is 0.224 e. The van der Waals surface area contributed by atoms with E-state index >= 15 is 0 Å². The average Bonchev–Trinajstić information content (AvgIpc) is 2.93. The van der Waals surface area contributed by atoms with Gasteiger partial charge in [0.2, 0.25) is 11.8 Å². The Labute approximate surface area is 252 Å². The molecule has 2 amide bonds. The van der Waals surface area contributed by atoms with Crippen LogP contribution in [0.25, 0.3) is 0 Å². The molecule has 0 aromatic heterocycles. The van der Waals surface area contributed by atoms with Gasteiger partial charge in [0.1, 0.15) is 11.5 Å². The van der Waals surface area contributed by atoms with Gasteiger partial charge in [0.15, 0.2) is 11.7 Å². The molecule has 0 unspecified atom stereocenters. The first-order valence-electron chi connectivity index (χ1n) is 14.3. The minimum absolute atomic E-state index is 0.0886. The van der Waals surface area contributed by atoms with Gasteiger partial charge in [0.05, 0.1) is 12.1 Å². The lowest BCUT2D eigenvalue weighted by Crippen LogP contribution is -2.47. The Balaban J connectivity index is 2.27. The van der Waals surface area contributed by atoms with Crippen LogP contribution in [-0.2, 0) is 32.0 Å². The van der Waals surface area contributed by atoms with Crippen molar-refractivity contribution < 1.29 is 24.3 Å². The maximum atomic E-state index is 13.7. The van der Waals surface area contributed by atoms with Gasteiger partial charge < -0.3 is 39.1 Å². The number of Topliss-reactive ketones (excluding diaryl/α,β-unsaturated/α-hetero) is 2. The van der Waals surface area contributed by atoms with Gasteiger partial charge >= 0.3 is 0 Å². The number of phenolic OH excluding ortho intramolecular Hbond substituents is 1. The number of benzene rings is 2. The highest BCUT2D eigenvalue weighted by molar-refractivity contribution is 5.94. The number of hydrogen-bond donors (Lipinski definition) is 7. The second kappa shape index (κ2) is 17.0. The molecule has 2 aromatic carbocycles. The van der Waals surface area contributed by atoms with E-state index < -0.39 is 35.7 Å². The molecule has 4 atom stereocenters. The number of aryl methyl sites for hydroxylation is 2. The lowest BCUT2D eigenvalue weighted by atomic mass is 9.86. The second-order valence-corrected chi connectivity index (χ2v) is 10.9. The fourth-order valence-corrected chi connectivity index (χ4v) is 5.01. The molecule has 12 N–H and O–H groups in total. The van der Waals surface area contributed by atoms with Gasteiger partial charge in [-0.15, -0.1) is 0 Å². The lowest BCUT2D eigenvalue weighted by molar-refractivity contribution is -0.133. The highest BCUT2D eigenvalue weighted by Gasteiger charge is 2.31. The third-order valence-corrected chi connectivity index (χ3v) is 7.43. The van der Waals surface area contributed by atoms with Gasteiger partial charge in [-0.05, 0) is 80.5 Å². The van der Waals surface area contributed by atoms with Crippen molar-refractivity contribution in [3.05, 3.63) is 64.7 Å². The number of primary amides is 1. The van der Waals surface area contributed by atoms with Crippen LogP contribution in [0.15, 0.2) is 47.5 Å². The summed E-state index contributed by atoms with van der Waals surface area (Å²) in [6, 6.07) is 10.5. The van der Waals surface area contributed by atoms with Crippen LogP contribution in [0, 0.1) is 25.7 Å². The fraction of sp³-hybridized carbons (Fsp3) is 0.452. The summed E-state index contributed by atoms with van der Waals surface area (Å²) < 4.78 is 0. The molecule has 0 heterocycles. The molecule has 2 aromatic rings. The SMILES string of the molecule is Cc1cc(O)cc(C)c1C[C@H](CC(=O)[C@H](N)CCN=C(N)N)C(=O)N[C@@H](CCN)C(=O)C[C@@H](Cc1ccccc1)C(N)=O. The third-order valence-electron chi connectivity index (χ3n) is 7.43. The predicted molar refractivity (Wildman–Crippen MR) is 166 cm³/mol. The molecular formula is C31H45N7O5. The Morgan fingerprint density at radius 1 is 0.884 bits per heavy atom. The number of hydrogen-bond acceptors (Lipinski definition) is 8. The Hall–Kier alpha value is -4.29. The third kappa shape index (κ3) is 11.5. The van der Waals surface area contributed by atoms with Crippen molar-refractivity contribution in [2.24, 2.45) is 45.5 Å². The first-order valence-corrected chi connectivity index (χ1v) is 14.3. The number of phenols is 1. The van der Waals surface area contributed by atoms with E-state index in [0.29, 0.717) is 0 Å². The zero-order chi connectivity index (χ0) is 32.1. The van der Waals surface area contributed by atoms with Crippen molar-refractivity contribution in [1.29, 1.82) is 0 Å². The van der Waals surface area contributed by atoms with E-state index in [4.69, 9.17) is 28.7 Å². The van der Waals surface area contributed by atoms with Crippen molar-refractivity contribution in [3.8, 4) is 5.75 Å². The zero-order valence-electron chi connectivity index (χ0n) is 24.9. The number of ketones is 2. The molecule has 234 valence electrons. The smallest absolute Gasteiger partial charge is 0.224 e. The summed E-state index contributed by atoms with van der Waals surface area (Å²) in [5, 5.41) is 12.8. The molecule has 0 aliphatic carbocycles. The van der Waals surface area contributed by atoms with Crippen LogP contribution in [0.4, 0.5) is 0 Å². The Morgan fingerprint density at radius 2 is 1.49 bits per heavy atom. The predicted octanol–water partition coefficient (Wildman–Crippen LogP) is 0.255. The Morgan fingerprint density at radius 3 is 2.05 bits per heavy atom. The number of nitrogens with two attached hydrogens (primary N) is 5. The molecule has 0 fully saturated rings. The van der Waals surface area contributed by atoms with Crippen LogP contribution in [0.2, 0.25) is 0 Å². The van der Waals surface area contributed by atoms with Crippen LogP contribution in [0.1, 0.15) is 47.9 Å². The van der Waals surface area contributed by atoms with E-state index in [2.05, 4.69) is 10.3 Å². The Kier molecular flexibility index (Phi) is 13.8. The number of amides is 2. The van der Waals surface area contributed by atoms with Crippen LogP contribution in [0.5, 0.6) is 5.75 Å². The van der Waals surface area contributed by atoms with Gasteiger partial charge in [-0.3, -0.25) is 24.2 Å². The van der Waals surface area contributed by atoms with Crippen LogP contribution < -0.4 is 34.0 Å². The van der Waals surface area contributed by atoms with E-state index in [0.717, 1.165) is 22.3 Å². The molecular weight excluding hydrogens is 550 g/mol. The summed E-state index contributed by atoms with van der Waals surface area (Å²) in [6.45, 7) is 3.86. The first kappa shape index (κ1) is 34.9. The molecule has 0 saturated heterocycles. The fourth-order valence-electron chi connectivity index (χ4n) is 5.01. The molecule has 12 heteroatoms. The molecule has 2 rings (SSSR count). The summed E-state index contributed by atoms with van der Waals surface area (Å²) in [7, 11) is 0. The summed E-state index contributed by atoms with van der Waals surface area (Å²) in [5.74, 6) is -3.57. The van der Waals surface area contributed by atoms with E-state index in [-0.39, 0.29) is 74.9 Å². The molecule has 0 aliphatic heterocycles. The van der Waals surface area contributed by atoms with E-state index in [1.54, 1.807) is 26.0 Å². The monoisotopic (exact) mass is 595 g/mol. The summed E-state index contributed by atoms with van der Waals surface area (Å²) >= 11 is 0. The second-order valence-electron chi connectivity index (χ2n) is 10.9. The van der Waals surface area contributed by atoms with Gasteiger partial charge in [-0.1, -0.05) is 30.3 Å². The molecule has 0 aliphatic rings. The molecule has 0 spiro atoms. The quantitative estimate of drug-likeness (QED) is 0.0921. The zero-order valence-corrected chi connectivity index (χ0v) is 24.9. The normalized spacial score (nSPS) is 13.8. The summed E-state index contributed by atoms with van der Waals surface area (Å²) in [5.41, 5.74) is 31.3. The molecule has 12 nitrogen and oxygen atoms in total. The number of aromatic hydroxyl groups is 1. The van der Waals surface area contributed by atoms with E-state index in [1.807, 2.05) is 30.3 Å². The van der Waals surface area contributed by atoms with Crippen molar-refractivity contribution in [3.63, 3.8) is 0 Å². The number of nitrogens with zero attached hydrogens (tertiary/aromatic N) is 1. The Bertz CT molecular complexity index is 1270. The largest absolute Gasteiger partial charge is 0.508 e.